The van der Waals surface area contributed by atoms with Gasteiger partial charge in [0.15, 0.2) is 0 Å². The maximum atomic E-state index is 13.5. The molecule has 15 heavy (non-hydrogen) atoms. The lowest BCUT2D eigenvalue weighted by Gasteiger charge is -2.15. The molecule has 0 aliphatic carbocycles. The monoisotopic (exact) mass is 230 g/mol. The Labute approximate surface area is 93.1 Å². The molecule has 0 aromatic heterocycles. The van der Waals surface area contributed by atoms with Crippen molar-refractivity contribution in [2.24, 2.45) is 0 Å². The summed E-state index contributed by atoms with van der Waals surface area (Å²) in [5, 5.41) is 18.3. The van der Waals surface area contributed by atoms with Crippen LogP contribution in [0.2, 0.25) is 0 Å². The molecule has 0 saturated heterocycles. The predicted octanol–water partition coefficient (Wildman–Crippen LogP) is 2.35. The van der Waals surface area contributed by atoms with Gasteiger partial charge in [-0.05, 0) is 18.6 Å². The maximum Gasteiger partial charge on any atom is 0.137 e. The van der Waals surface area contributed by atoms with Crippen LogP contribution < -0.4 is 0 Å². The minimum Gasteiger partial charge on any atom is -0.395 e. The van der Waals surface area contributed by atoms with Crippen molar-refractivity contribution in [1.82, 2.24) is 0 Å². The number of hydrogen-bond donors (Lipinski definition) is 2. The molecule has 2 atom stereocenters. The molecule has 1 aromatic carbocycles. The van der Waals surface area contributed by atoms with E-state index in [1.165, 1.54) is 17.8 Å². The van der Waals surface area contributed by atoms with Gasteiger partial charge < -0.3 is 10.2 Å². The third-order valence-electron chi connectivity index (χ3n) is 2.02. The first-order valence-electron chi connectivity index (χ1n) is 4.80. The fraction of sp³-hybridized carbons (Fsp3) is 0.455. The van der Waals surface area contributed by atoms with E-state index in [1.807, 2.05) is 6.92 Å². The molecule has 2 N–H and O–H groups in total. The summed E-state index contributed by atoms with van der Waals surface area (Å²) in [5.74, 6) is -0.348. The Bertz CT molecular complexity index is 328. The summed E-state index contributed by atoms with van der Waals surface area (Å²) < 4.78 is 13.5. The molecule has 4 heteroatoms. The molecule has 0 spiro atoms. The van der Waals surface area contributed by atoms with E-state index in [1.54, 1.807) is 19.1 Å². The topological polar surface area (TPSA) is 40.5 Å². The van der Waals surface area contributed by atoms with Crippen molar-refractivity contribution in [1.29, 1.82) is 0 Å². The van der Waals surface area contributed by atoms with Gasteiger partial charge in [0.05, 0.1) is 12.7 Å². The zero-order chi connectivity index (χ0) is 11.4. The summed E-state index contributed by atoms with van der Waals surface area (Å²) in [6, 6.07) is 4.63. The summed E-state index contributed by atoms with van der Waals surface area (Å²) in [5.41, 5.74) is 0.570. The van der Waals surface area contributed by atoms with Crippen LogP contribution in [0.1, 0.15) is 25.5 Å². The molecule has 2 nitrogen and oxygen atoms in total. The maximum absolute atomic E-state index is 13.5. The highest BCUT2D eigenvalue weighted by molar-refractivity contribution is 8.00. The van der Waals surface area contributed by atoms with Gasteiger partial charge in [0.2, 0.25) is 0 Å². The normalized spacial score (nSPS) is 15.0. The van der Waals surface area contributed by atoms with Gasteiger partial charge in [-0.1, -0.05) is 19.1 Å². The number of thioether (sulfide) groups is 1. The largest absolute Gasteiger partial charge is 0.395 e. The fourth-order valence-electron chi connectivity index (χ4n) is 1.22. The summed E-state index contributed by atoms with van der Waals surface area (Å²) in [7, 11) is 0. The molecule has 0 amide bonds. The number of rotatable bonds is 4. The van der Waals surface area contributed by atoms with Gasteiger partial charge in [0, 0.05) is 10.1 Å². The molecule has 1 rings (SSSR count). The van der Waals surface area contributed by atoms with Gasteiger partial charge in [-0.25, -0.2) is 4.39 Å². The van der Waals surface area contributed by atoms with Gasteiger partial charge >= 0.3 is 0 Å². The third-order valence-corrected chi connectivity index (χ3v) is 3.24. The predicted molar refractivity (Wildman–Crippen MR) is 59.4 cm³/mol. The van der Waals surface area contributed by atoms with E-state index in [0.29, 0.717) is 10.5 Å². The molecule has 0 aliphatic heterocycles. The average molecular weight is 230 g/mol. The average Bonchev–Trinajstić information content (AvgIpc) is 2.20. The Kier molecular flexibility index (Phi) is 4.57. The molecule has 1 aromatic rings. The number of hydrogen-bond acceptors (Lipinski definition) is 3. The van der Waals surface area contributed by atoms with Gasteiger partial charge in [-0.3, -0.25) is 0 Å². The lowest BCUT2D eigenvalue weighted by atomic mass is 10.1. The minimum atomic E-state index is -0.700. The molecule has 0 aliphatic rings. The quantitative estimate of drug-likeness (QED) is 0.780. The van der Waals surface area contributed by atoms with Crippen molar-refractivity contribution in [2.75, 3.05) is 6.61 Å². The first-order valence-corrected chi connectivity index (χ1v) is 5.68. The zero-order valence-corrected chi connectivity index (χ0v) is 9.59. The van der Waals surface area contributed by atoms with E-state index >= 15 is 0 Å². The van der Waals surface area contributed by atoms with Gasteiger partial charge in [-0.2, -0.15) is 0 Å². The third kappa shape index (κ3) is 3.19. The number of aliphatic hydroxyl groups is 2. The van der Waals surface area contributed by atoms with E-state index < -0.39 is 6.10 Å². The Balaban J connectivity index is 3.02. The van der Waals surface area contributed by atoms with Crippen LogP contribution in [-0.4, -0.2) is 22.1 Å². The highest BCUT2D eigenvalue weighted by Gasteiger charge is 2.15. The van der Waals surface area contributed by atoms with Crippen molar-refractivity contribution in [3.63, 3.8) is 0 Å². The highest BCUT2D eigenvalue weighted by atomic mass is 32.2. The van der Waals surface area contributed by atoms with E-state index in [4.69, 9.17) is 5.11 Å². The molecule has 0 radical (unpaired) electrons. The van der Waals surface area contributed by atoms with Crippen molar-refractivity contribution in [3.05, 3.63) is 29.6 Å². The Morgan fingerprint density at radius 3 is 2.60 bits per heavy atom. The van der Waals surface area contributed by atoms with Crippen molar-refractivity contribution < 1.29 is 14.6 Å². The first kappa shape index (κ1) is 12.5. The molecular formula is C11H15FO2S. The van der Waals surface area contributed by atoms with Gasteiger partial charge in [0.25, 0.3) is 0 Å². The van der Waals surface area contributed by atoms with E-state index in [2.05, 4.69) is 0 Å². The number of benzene rings is 1. The summed E-state index contributed by atoms with van der Waals surface area (Å²) in [4.78, 5) is 0.425. The van der Waals surface area contributed by atoms with Crippen molar-refractivity contribution >= 4 is 11.8 Å². The van der Waals surface area contributed by atoms with E-state index in [-0.39, 0.29) is 17.7 Å². The summed E-state index contributed by atoms with van der Waals surface area (Å²) in [6.45, 7) is 3.39. The molecule has 0 heterocycles. The number of halogens is 1. The second-order valence-electron chi connectivity index (χ2n) is 3.45. The first-order chi connectivity index (χ1) is 7.06. The van der Waals surface area contributed by atoms with Crippen LogP contribution in [0, 0.1) is 5.82 Å². The van der Waals surface area contributed by atoms with Crippen LogP contribution >= 0.6 is 11.8 Å². The zero-order valence-electron chi connectivity index (χ0n) is 8.77. The molecular weight excluding hydrogens is 215 g/mol. The summed E-state index contributed by atoms with van der Waals surface area (Å²) >= 11 is 1.24. The van der Waals surface area contributed by atoms with E-state index in [9.17, 15) is 9.50 Å². The lowest BCUT2D eigenvalue weighted by Crippen LogP contribution is -2.05. The molecule has 0 saturated carbocycles. The van der Waals surface area contributed by atoms with Crippen molar-refractivity contribution in [2.45, 2.75) is 30.1 Å². The molecule has 0 bridgehead atoms. The fourth-order valence-corrected chi connectivity index (χ4v) is 2.25. The standard InChI is InChI=1S/C11H15FO2S/c1-7(6-13)15-11-9(8(2)14)4-3-5-10(11)12/h3-5,7-8,13-14H,6H2,1-2H3/t7?,8-/m0/s1. The lowest BCUT2D eigenvalue weighted by molar-refractivity contribution is 0.195. The Morgan fingerprint density at radius 2 is 2.07 bits per heavy atom. The smallest absolute Gasteiger partial charge is 0.137 e. The highest BCUT2D eigenvalue weighted by Crippen LogP contribution is 2.32. The molecule has 84 valence electrons. The van der Waals surface area contributed by atoms with Crippen LogP contribution in [0.15, 0.2) is 23.1 Å². The van der Waals surface area contributed by atoms with Crippen molar-refractivity contribution in [3.8, 4) is 0 Å². The molecule has 0 fully saturated rings. The van der Waals surface area contributed by atoms with Crippen LogP contribution in [0.5, 0.6) is 0 Å². The second kappa shape index (κ2) is 5.49. The Morgan fingerprint density at radius 1 is 1.40 bits per heavy atom. The SMILES string of the molecule is CC(CO)Sc1c(F)cccc1[C@H](C)O. The Hall–Kier alpha value is -0.580. The van der Waals surface area contributed by atoms with Gasteiger partial charge in [0.1, 0.15) is 5.82 Å². The van der Waals surface area contributed by atoms with Crippen LogP contribution in [0.25, 0.3) is 0 Å². The van der Waals surface area contributed by atoms with Crippen LogP contribution in [0.3, 0.4) is 0 Å². The van der Waals surface area contributed by atoms with Crippen LogP contribution in [0.4, 0.5) is 4.39 Å². The summed E-state index contributed by atoms with van der Waals surface area (Å²) in [6.07, 6.45) is -0.700. The van der Waals surface area contributed by atoms with Crippen LogP contribution in [-0.2, 0) is 0 Å². The van der Waals surface area contributed by atoms with Gasteiger partial charge in [-0.15, -0.1) is 11.8 Å². The molecule has 1 unspecified atom stereocenters. The van der Waals surface area contributed by atoms with E-state index in [0.717, 1.165) is 0 Å². The number of aliphatic hydroxyl groups excluding tert-OH is 2. The minimum absolute atomic E-state index is 0.0156. The second-order valence-corrected chi connectivity index (χ2v) is 4.89.